The molecule has 1 N–H and O–H groups in total. The number of aromatic nitrogens is 1. The number of nitrogens with zero attached hydrogens (tertiary/aromatic N) is 1. The van der Waals surface area contributed by atoms with Gasteiger partial charge in [-0.1, -0.05) is 24.3 Å². The monoisotopic (exact) mass is 361 g/mol. The van der Waals surface area contributed by atoms with Crippen LogP contribution >= 0.6 is 0 Å². The number of rotatable bonds is 6. The van der Waals surface area contributed by atoms with Crippen molar-refractivity contribution in [3.8, 4) is 17.2 Å². The van der Waals surface area contributed by atoms with Crippen molar-refractivity contribution < 1.29 is 14.3 Å². The van der Waals surface area contributed by atoms with Crippen molar-refractivity contribution in [2.24, 2.45) is 5.92 Å². The first kappa shape index (κ1) is 16.5. The van der Waals surface area contributed by atoms with Crippen LogP contribution in [0, 0.1) is 5.92 Å². The van der Waals surface area contributed by atoms with Crippen LogP contribution in [0.15, 0.2) is 52.9 Å². The third-order valence-electron chi connectivity index (χ3n) is 5.54. The van der Waals surface area contributed by atoms with Gasteiger partial charge in [0.25, 0.3) is 0 Å². The molecule has 0 radical (unpaired) electrons. The molecule has 1 aliphatic carbocycles. The Hall–Kier alpha value is -2.72. The van der Waals surface area contributed by atoms with Crippen LogP contribution in [0.5, 0.6) is 5.75 Å². The predicted molar refractivity (Wildman–Crippen MR) is 107 cm³/mol. The highest BCUT2D eigenvalue weighted by Gasteiger charge is 2.27. The predicted octanol–water partition coefficient (Wildman–Crippen LogP) is 5.01. The summed E-state index contributed by atoms with van der Waals surface area (Å²) in [6.45, 7) is 1.08. The smallest absolute Gasteiger partial charge is 0.155 e. The molecule has 0 bridgehead atoms. The topological polar surface area (TPSA) is 47.5 Å². The second-order valence-electron chi connectivity index (χ2n) is 7.36. The van der Waals surface area contributed by atoms with E-state index < -0.39 is 0 Å². The molecule has 1 fully saturated rings. The zero-order valence-electron chi connectivity index (χ0n) is 15.4. The largest absolute Gasteiger partial charge is 0.496 e. The van der Waals surface area contributed by atoms with Crippen LogP contribution in [-0.4, -0.2) is 23.4 Å². The number of benzene rings is 2. The van der Waals surface area contributed by atoms with E-state index >= 15 is 0 Å². The molecular weight excluding hydrogens is 338 g/mol. The summed E-state index contributed by atoms with van der Waals surface area (Å²) in [5.74, 6) is 2.39. The number of fused-ring (bicyclic) bond motifs is 2. The van der Waals surface area contributed by atoms with Gasteiger partial charge in [-0.15, -0.1) is 0 Å². The zero-order chi connectivity index (χ0) is 18.4. The van der Waals surface area contributed by atoms with Crippen LogP contribution in [0.3, 0.4) is 0 Å². The Kier molecular flexibility index (Phi) is 3.94. The van der Waals surface area contributed by atoms with Crippen LogP contribution in [0.4, 0.5) is 0 Å². The lowest BCUT2D eigenvalue weighted by Gasteiger charge is -2.10. The summed E-state index contributed by atoms with van der Waals surface area (Å²) in [4.78, 5) is 0. The van der Waals surface area contributed by atoms with Gasteiger partial charge in [-0.3, -0.25) is 0 Å². The van der Waals surface area contributed by atoms with Crippen LogP contribution in [-0.2, 0) is 13.0 Å². The molecule has 4 nitrogen and oxygen atoms in total. The van der Waals surface area contributed by atoms with Crippen LogP contribution in [0.1, 0.15) is 18.4 Å². The van der Waals surface area contributed by atoms with Crippen molar-refractivity contribution in [3.63, 3.8) is 0 Å². The maximum absolute atomic E-state index is 9.71. The van der Waals surface area contributed by atoms with Gasteiger partial charge in [0.1, 0.15) is 11.3 Å². The summed E-state index contributed by atoms with van der Waals surface area (Å²) in [7, 11) is 1.67. The third kappa shape index (κ3) is 2.72. The van der Waals surface area contributed by atoms with E-state index in [4.69, 9.17) is 9.15 Å². The molecule has 27 heavy (non-hydrogen) atoms. The highest BCUT2D eigenvalue weighted by atomic mass is 16.5. The van der Waals surface area contributed by atoms with E-state index in [1.807, 2.05) is 18.2 Å². The molecule has 5 rings (SSSR count). The average Bonchev–Trinajstić information content (AvgIpc) is 3.34. The van der Waals surface area contributed by atoms with Gasteiger partial charge in [0.15, 0.2) is 5.76 Å². The fraction of sp³-hybridized carbons (Fsp3) is 0.304. The van der Waals surface area contributed by atoms with E-state index in [0.717, 1.165) is 46.2 Å². The highest BCUT2D eigenvalue weighted by molar-refractivity contribution is 5.95. The van der Waals surface area contributed by atoms with Crippen LogP contribution in [0.2, 0.25) is 0 Å². The first-order valence-corrected chi connectivity index (χ1v) is 9.58. The highest BCUT2D eigenvalue weighted by Crippen LogP contribution is 2.42. The second kappa shape index (κ2) is 6.46. The quantitative estimate of drug-likeness (QED) is 0.525. The summed E-state index contributed by atoms with van der Waals surface area (Å²) in [5, 5.41) is 11.9. The Morgan fingerprint density at radius 2 is 2.00 bits per heavy atom. The number of hydrogen-bond donors (Lipinski definition) is 1. The Bertz CT molecular complexity index is 1120. The Balaban J connectivity index is 1.79. The SMILES string of the molecule is COc1cccc2oc(-c3cc4ccccc4n3CC3CC3)c(CCO)c12. The summed E-state index contributed by atoms with van der Waals surface area (Å²) in [6, 6.07) is 16.6. The number of methoxy groups -OCH3 is 1. The molecule has 0 spiro atoms. The molecule has 1 aliphatic rings. The average molecular weight is 361 g/mol. The lowest BCUT2D eigenvalue weighted by Crippen LogP contribution is -2.03. The molecule has 0 amide bonds. The molecule has 2 aromatic carbocycles. The number of hydrogen-bond acceptors (Lipinski definition) is 3. The van der Waals surface area contributed by atoms with Crippen molar-refractivity contribution in [2.75, 3.05) is 13.7 Å². The van der Waals surface area contributed by atoms with Crippen molar-refractivity contribution in [3.05, 3.63) is 54.1 Å². The Morgan fingerprint density at radius 3 is 2.78 bits per heavy atom. The first-order chi connectivity index (χ1) is 13.3. The summed E-state index contributed by atoms with van der Waals surface area (Å²) in [6.07, 6.45) is 3.13. The van der Waals surface area contributed by atoms with E-state index in [2.05, 4.69) is 34.9 Å². The van der Waals surface area contributed by atoms with Crippen molar-refractivity contribution in [1.29, 1.82) is 0 Å². The standard InChI is InChI=1S/C23H23NO3/c1-26-20-7-4-8-21-22(20)17(11-12-25)23(27-21)19-13-16-5-2-3-6-18(16)24(19)14-15-9-10-15/h2-8,13,15,25H,9-12,14H2,1H3. The summed E-state index contributed by atoms with van der Waals surface area (Å²) >= 11 is 0. The van der Waals surface area contributed by atoms with Gasteiger partial charge < -0.3 is 18.8 Å². The number of ether oxygens (including phenoxy) is 1. The van der Waals surface area contributed by atoms with Crippen LogP contribution < -0.4 is 4.74 Å². The van der Waals surface area contributed by atoms with Crippen molar-refractivity contribution in [2.45, 2.75) is 25.8 Å². The summed E-state index contributed by atoms with van der Waals surface area (Å²) < 4.78 is 14.3. The Morgan fingerprint density at radius 1 is 1.15 bits per heavy atom. The van der Waals surface area contributed by atoms with Gasteiger partial charge in [0.2, 0.25) is 0 Å². The number of aliphatic hydroxyl groups excluding tert-OH is 1. The molecular formula is C23H23NO3. The second-order valence-corrected chi connectivity index (χ2v) is 7.36. The van der Waals surface area contributed by atoms with Crippen LogP contribution in [0.25, 0.3) is 33.3 Å². The maximum atomic E-state index is 9.71. The number of aliphatic hydroxyl groups is 1. The first-order valence-electron chi connectivity index (χ1n) is 9.58. The minimum Gasteiger partial charge on any atom is -0.496 e. The van der Waals surface area contributed by atoms with E-state index in [9.17, 15) is 5.11 Å². The zero-order valence-corrected chi connectivity index (χ0v) is 15.4. The lowest BCUT2D eigenvalue weighted by atomic mass is 10.1. The van der Waals surface area contributed by atoms with Gasteiger partial charge in [0, 0.05) is 36.0 Å². The van der Waals surface area contributed by atoms with Gasteiger partial charge >= 0.3 is 0 Å². The number of furan rings is 1. The van der Waals surface area contributed by atoms with Gasteiger partial charge in [-0.25, -0.2) is 0 Å². The van der Waals surface area contributed by atoms with Gasteiger partial charge in [-0.2, -0.15) is 0 Å². The summed E-state index contributed by atoms with van der Waals surface area (Å²) in [5.41, 5.74) is 4.15. The molecule has 4 aromatic rings. The Labute approximate surface area is 158 Å². The lowest BCUT2D eigenvalue weighted by molar-refractivity contribution is 0.299. The van der Waals surface area contributed by atoms with E-state index in [1.165, 1.54) is 23.7 Å². The number of para-hydroxylation sites is 1. The molecule has 0 atom stereocenters. The fourth-order valence-electron chi connectivity index (χ4n) is 4.06. The molecule has 0 unspecified atom stereocenters. The van der Waals surface area contributed by atoms with E-state index in [-0.39, 0.29) is 6.61 Å². The van der Waals surface area contributed by atoms with Gasteiger partial charge in [0.05, 0.1) is 18.2 Å². The van der Waals surface area contributed by atoms with Crippen molar-refractivity contribution in [1.82, 2.24) is 4.57 Å². The fourth-order valence-corrected chi connectivity index (χ4v) is 4.06. The minimum atomic E-state index is 0.0720. The third-order valence-corrected chi connectivity index (χ3v) is 5.54. The minimum absolute atomic E-state index is 0.0720. The maximum Gasteiger partial charge on any atom is 0.155 e. The van der Waals surface area contributed by atoms with Gasteiger partial charge in [-0.05, 0) is 43.0 Å². The van der Waals surface area contributed by atoms with Crippen molar-refractivity contribution >= 4 is 21.9 Å². The molecule has 0 aliphatic heterocycles. The molecule has 2 heterocycles. The molecule has 1 saturated carbocycles. The molecule has 4 heteroatoms. The molecule has 2 aromatic heterocycles. The normalized spacial score (nSPS) is 14.3. The van der Waals surface area contributed by atoms with E-state index in [1.54, 1.807) is 7.11 Å². The molecule has 0 saturated heterocycles. The van der Waals surface area contributed by atoms with E-state index in [0.29, 0.717) is 6.42 Å². The molecule has 138 valence electrons.